The van der Waals surface area contributed by atoms with Crippen molar-refractivity contribution < 1.29 is 9.18 Å². The zero-order chi connectivity index (χ0) is 13.1. The molecule has 0 atom stereocenters. The van der Waals surface area contributed by atoms with Gasteiger partial charge in [-0.2, -0.15) is 0 Å². The number of aromatic nitrogens is 2. The van der Waals surface area contributed by atoms with Crippen LogP contribution in [0, 0.1) is 5.82 Å². The number of hydrogen-bond acceptors (Lipinski definition) is 3. The number of halogens is 3. The van der Waals surface area contributed by atoms with Crippen LogP contribution in [0.4, 0.5) is 10.2 Å². The van der Waals surface area contributed by atoms with E-state index in [2.05, 4.69) is 31.4 Å². The van der Waals surface area contributed by atoms with Gasteiger partial charge in [0.25, 0.3) is 5.91 Å². The Labute approximate surface area is 115 Å². The third kappa shape index (κ3) is 3.24. The number of nitrogens with one attached hydrogen (secondary N) is 1. The number of carbonyl (C=O) groups excluding carboxylic acids is 1. The van der Waals surface area contributed by atoms with Crippen molar-refractivity contribution in [1.82, 2.24) is 10.2 Å². The molecule has 1 aromatic carbocycles. The summed E-state index contributed by atoms with van der Waals surface area (Å²) in [6, 6.07) is 6.89. The van der Waals surface area contributed by atoms with Gasteiger partial charge in [0.2, 0.25) is 0 Å². The fourth-order valence-electron chi connectivity index (χ4n) is 1.26. The molecule has 1 N–H and O–H groups in total. The lowest BCUT2D eigenvalue weighted by Crippen LogP contribution is -2.13. The Kier molecular flexibility index (Phi) is 3.88. The molecule has 0 unspecified atom stereocenters. The van der Waals surface area contributed by atoms with Crippen LogP contribution in [0.1, 0.15) is 10.4 Å². The zero-order valence-electron chi connectivity index (χ0n) is 8.82. The Morgan fingerprint density at radius 2 is 2.06 bits per heavy atom. The number of amides is 1. The van der Waals surface area contributed by atoms with Crippen molar-refractivity contribution in [2.45, 2.75) is 0 Å². The maximum absolute atomic E-state index is 13.1. The molecule has 1 heterocycles. The number of hydrogen-bond donors (Lipinski definition) is 1. The van der Waals surface area contributed by atoms with Crippen molar-refractivity contribution in [2.75, 3.05) is 5.32 Å². The lowest BCUT2D eigenvalue weighted by Gasteiger charge is -2.04. The van der Waals surface area contributed by atoms with Crippen LogP contribution in [0.15, 0.2) is 34.8 Å². The van der Waals surface area contributed by atoms with Gasteiger partial charge in [-0.15, -0.1) is 10.2 Å². The van der Waals surface area contributed by atoms with Crippen LogP contribution in [0.25, 0.3) is 0 Å². The van der Waals surface area contributed by atoms with Crippen molar-refractivity contribution in [3.8, 4) is 0 Å². The van der Waals surface area contributed by atoms with E-state index in [4.69, 9.17) is 11.6 Å². The first-order valence-corrected chi connectivity index (χ1v) is 5.98. The summed E-state index contributed by atoms with van der Waals surface area (Å²) in [6.45, 7) is 0. The van der Waals surface area contributed by atoms with Crippen LogP contribution in [0.2, 0.25) is 5.15 Å². The summed E-state index contributed by atoms with van der Waals surface area (Å²) in [7, 11) is 0. The second kappa shape index (κ2) is 5.41. The molecule has 0 aliphatic rings. The molecule has 1 amide bonds. The Hall–Kier alpha value is -1.53. The first-order chi connectivity index (χ1) is 8.54. The highest BCUT2D eigenvalue weighted by Gasteiger charge is 2.09. The number of nitrogens with zero attached hydrogens (tertiary/aromatic N) is 2. The quantitative estimate of drug-likeness (QED) is 0.919. The topological polar surface area (TPSA) is 54.9 Å². The molecule has 4 nitrogen and oxygen atoms in total. The Morgan fingerprint density at radius 1 is 1.28 bits per heavy atom. The van der Waals surface area contributed by atoms with Crippen molar-refractivity contribution >= 4 is 39.3 Å². The summed E-state index contributed by atoms with van der Waals surface area (Å²) >= 11 is 8.68. The summed E-state index contributed by atoms with van der Waals surface area (Å²) < 4.78 is 13.6. The van der Waals surface area contributed by atoms with E-state index in [-0.39, 0.29) is 16.5 Å². The molecule has 0 bridgehead atoms. The minimum absolute atomic E-state index is 0.179. The average Bonchev–Trinajstić information content (AvgIpc) is 2.31. The van der Waals surface area contributed by atoms with E-state index < -0.39 is 11.7 Å². The number of rotatable bonds is 2. The predicted molar refractivity (Wildman–Crippen MR) is 69.1 cm³/mol. The molecular formula is C11H6BrClFN3O. The number of anilines is 1. The van der Waals surface area contributed by atoms with Crippen LogP contribution in [-0.2, 0) is 0 Å². The van der Waals surface area contributed by atoms with Crippen LogP contribution in [-0.4, -0.2) is 16.1 Å². The maximum atomic E-state index is 13.1. The summed E-state index contributed by atoms with van der Waals surface area (Å²) in [5, 5.41) is 9.95. The molecule has 0 aliphatic carbocycles. The van der Waals surface area contributed by atoms with Crippen molar-refractivity contribution in [1.29, 1.82) is 0 Å². The third-order valence-corrected chi connectivity index (χ3v) is 2.66. The molecule has 0 radical (unpaired) electrons. The number of benzene rings is 1. The minimum atomic E-state index is -0.503. The monoisotopic (exact) mass is 329 g/mol. The predicted octanol–water partition coefficient (Wildman–Crippen LogP) is 3.28. The second-order valence-electron chi connectivity index (χ2n) is 3.35. The van der Waals surface area contributed by atoms with E-state index in [0.29, 0.717) is 4.47 Å². The molecular weight excluding hydrogens is 324 g/mol. The van der Waals surface area contributed by atoms with Gasteiger partial charge in [-0.25, -0.2) is 4.39 Å². The van der Waals surface area contributed by atoms with E-state index in [1.54, 1.807) is 0 Å². The van der Waals surface area contributed by atoms with Crippen LogP contribution >= 0.6 is 27.5 Å². The standard InChI is InChI=1S/C11H6BrClFN3O/c12-7-3-6(4-8(14)5-7)11(18)15-10-2-1-9(13)16-17-10/h1-5H,(H,15,17,18). The van der Waals surface area contributed by atoms with Gasteiger partial charge in [0.15, 0.2) is 11.0 Å². The molecule has 92 valence electrons. The van der Waals surface area contributed by atoms with E-state index in [1.165, 1.54) is 24.3 Å². The van der Waals surface area contributed by atoms with E-state index in [9.17, 15) is 9.18 Å². The zero-order valence-corrected chi connectivity index (χ0v) is 11.2. The fourth-order valence-corrected chi connectivity index (χ4v) is 1.82. The SMILES string of the molecule is O=C(Nc1ccc(Cl)nn1)c1cc(F)cc(Br)c1. The first-order valence-electron chi connectivity index (χ1n) is 4.81. The largest absolute Gasteiger partial charge is 0.305 e. The summed E-state index contributed by atoms with van der Waals surface area (Å²) in [4.78, 5) is 11.8. The molecule has 18 heavy (non-hydrogen) atoms. The minimum Gasteiger partial charge on any atom is -0.305 e. The molecule has 2 rings (SSSR count). The van der Waals surface area contributed by atoms with Gasteiger partial charge in [-0.1, -0.05) is 27.5 Å². The third-order valence-electron chi connectivity index (χ3n) is 2.00. The smallest absolute Gasteiger partial charge is 0.257 e. The first kappa shape index (κ1) is 12.9. The van der Waals surface area contributed by atoms with E-state index >= 15 is 0 Å². The lowest BCUT2D eigenvalue weighted by atomic mass is 10.2. The van der Waals surface area contributed by atoms with Gasteiger partial charge in [0.1, 0.15) is 5.82 Å². The van der Waals surface area contributed by atoms with Crippen molar-refractivity contribution in [2.24, 2.45) is 0 Å². The highest BCUT2D eigenvalue weighted by molar-refractivity contribution is 9.10. The van der Waals surface area contributed by atoms with Gasteiger partial charge in [-0.3, -0.25) is 4.79 Å². The van der Waals surface area contributed by atoms with Gasteiger partial charge >= 0.3 is 0 Å². The maximum Gasteiger partial charge on any atom is 0.257 e. The highest BCUT2D eigenvalue weighted by Crippen LogP contribution is 2.16. The molecule has 7 heteroatoms. The Balaban J connectivity index is 2.19. The van der Waals surface area contributed by atoms with E-state index in [1.807, 2.05) is 0 Å². The van der Waals surface area contributed by atoms with Crippen LogP contribution in [0.3, 0.4) is 0 Å². The van der Waals surface area contributed by atoms with E-state index in [0.717, 1.165) is 6.07 Å². The average molecular weight is 331 g/mol. The van der Waals surface area contributed by atoms with Crippen LogP contribution in [0.5, 0.6) is 0 Å². The highest BCUT2D eigenvalue weighted by atomic mass is 79.9. The van der Waals surface area contributed by atoms with Gasteiger partial charge in [-0.05, 0) is 30.3 Å². The summed E-state index contributed by atoms with van der Waals surface area (Å²) in [5.74, 6) is -0.742. The molecule has 2 aromatic rings. The van der Waals surface area contributed by atoms with Crippen LogP contribution < -0.4 is 5.32 Å². The summed E-state index contributed by atoms with van der Waals surface area (Å²) in [6.07, 6.45) is 0. The van der Waals surface area contributed by atoms with Gasteiger partial charge in [0, 0.05) is 10.0 Å². The summed E-state index contributed by atoms with van der Waals surface area (Å²) in [5.41, 5.74) is 0.179. The lowest BCUT2D eigenvalue weighted by molar-refractivity contribution is 0.102. The number of carbonyl (C=O) groups is 1. The van der Waals surface area contributed by atoms with Crippen molar-refractivity contribution in [3.05, 3.63) is 51.3 Å². The Bertz CT molecular complexity index is 571. The molecule has 1 aromatic heterocycles. The second-order valence-corrected chi connectivity index (χ2v) is 4.66. The van der Waals surface area contributed by atoms with Gasteiger partial charge < -0.3 is 5.32 Å². The molecule has 0 aliphatic heterocycles. The normalized spacial score (nSPS) is 10.2. The molecule has 0 fully saturated rings. The molecule has 0 spiro atoms. The fraction of sp³-hybridized carbons (Fsp3) is 0. The molecule has 0 saturated heterocycles. The Morgan fingerprint density at radius 3 is 2.67 bits per heavy atom. The molecule has 0 saturated carbocycles. The van der Waals surface area contributed by atoms with Crippen molar-refractivity contribution in [3.63, 3.8) is 0 Å². The van der Waals surface area contributed by atoms with Gasteiger partial charge in [0.05, 0.1) is 0 Å².